The Kier molecular flexibility index (Phi) is 3.88. The van der Waals surface area contributed by atoms with E-state index in [1.165, 1.54) is 12.1 Å². The van der Waals surface area contributed by atoms with Gasteiger partial charge < -0.3 is 5.32 Å². The summed E-state index contributed by atoms with van der Waals surface area (Å²) < 4.78 is 39.4. The first-order valence-electron chi connectivity index (χ1n) is 5.59. The Morgan fingerprint density at radius 3 is 2.24 bits per heavy atom. The molecule has 0 aliphatic rings. The molecule has 2 aromatic carbocycles. The molecule has 0 aliphatic heterocycles. The number of amides is 1. The molecule has 0 saturated heterocycles. The average molecular weight is 296 g/mol. The predicted octanol–water partition coefficient (Wildman–Crippen LogP) is 3.26. The lowest BCUT2D eigenvalue weighted by Crippen LogP contribution is -2.14. The van der Waals surface area contributed by atoms with Crippen LogP contribution in [0.25, 0.3) is 0 Å². The summed E-state index contributed by atoms with van der Waals surface area (Å²) in [6.45, 7) is 0. The van der Waals surface area contributed by atoms with E-state index in [0.29, 0.717) is 6.07 Å². The number of halogens is 3. The summed E-state index contributed by atoms with van der Waals surface area (Å²) in [6, 6.07) is 5.35. The van der Waals surface area contributed by atoms with Crippen molar-refractivity contribution >= 4 is 17.3 Å². The van der Waals surface area contributed by atoms with Crippen LogP contribution in [-0.2, 0) is 0 Å². The monoisotopic (exact) mass is 296 g/mol. The van der Waals surface area contributed by atoms with Crippen LogP contribution in [0.3, 0.4) is 0 Å². The van der Waals surface area contributed by atoms with Gasteiger partial charge in [-0.05, 0) is 24.3 Å². The van der Waals surface area contributed by atoms with Crippen LogP contribution in [-0.4, -0.2) is 10.8 Å². The topological polar surface area (TPSA) is 72.2 Å². The number of nitro benzene ring substituents is 1. The summed E-state index contributed by atoms with van der Waals surface area (Å²) in [7, 11) is 0. The Morgan fingerprint density at radius 1 is 1.05 bits per heavy atom. The quantitative estimate of drug-likeness (QED) is 0.698. The number of nitro groups is 1. The number of nitrogens with one attached hydrogen (secondary N) is 1. The van der Waals surface area contributed by atoms with Crippen LogP contribution in [0, 0.1) is 27.6 Å². The lowest BCUT2D eigenvalue weighted by atomic mass is 10.1. The largest absolute Gasteiger partial charge is 0.322 e. The first kappa shape index (κ1) is 14.5. The molecular weight excluding hydrogens is 289 g/mol. The van der Waals surface area contributed by atoms with E-state index in [4.69, 9.17) is 0 Å². The highest BCUT2D eigenvalue weighted by Gasteiger charge is 2.22. The molecule has 0 saturated carbocycles. The number of hydrogen-bond donors (Lipinski definition) is 1. The van der Waals surface area contributed by atoms with E-state index in [0.717, 1.165) is 12.1 Å². The maximum absolute atomic E-state index is 13.5. The number of benzene rings is 2. The maximum Gasteiger partial charge on any atom is 0.305 e. The summed E-state index contributed by atoms with van der Waals surface area (Å²) in [5.41, 5.74) is -1.54. The molecule has 0 spiro atoms. The number of nitrogens with zero attached hydrogens (tertiary/aromatic N) is 1. The standard InChI is InChI=1S/C13H7F3N2O3/c14-7-1-3-8(4-2-7)17-13(19)9-5-12(18(20)21)11(16)6-10(9)15/h1-6H,(H,17,19). The van der Waals surface area contributed by atoms with Gasteiger partial charge in [0.05, 0.1) is 10.5 Å². The maximum atomic E-state index is 13.5. The first-order chi connectivity index (χ1) is 9.88. The third kappa shape index (κ3) is 3.16. The summed E-state index contributed by atoms with van der Waals surface area (Å²) >= 11 is 0. The van der Waals surface area contributed by atoms with Crippen molar-refractivity contribution in [2.45, 2.75) is 0 Å². The fourth-order valence-corrected chi connectivity index (χ4v) is 1.58. The van der Waals surface area contributed by atoms with Crippen molar-refractivity contribution in [3.63, 3.8) is 0 Å². The number of hydrogen-bond acceptors (Lipinski definition) is 3. The molecule has 1 amide bonds. The number of carbonyl (C=O) groups excluding carboxylic acids is 1. The van der Waals surface area contributed by atoms with Crippen molar-refractivity contribution in [3.8, 4) is 0 Å². The predicted molar refractivity (Wildman–Crippen MR) is 67.4 cm³/mol. The Morgan fingerprint density at radius 2 is 1.67 bits per heavy atom. The van der Waals surface area contributed by atoms with Gasteiger partial charge >= 0.3 is 5.69 Å². The molecular formula is C13H7F3N2O3. The summed E-state index contributed by atoms with van der Waals surface area (Å²) in [5, 5.41) is 12.8. The molecule has 0 bridgehead atoms. The van der Waals surface area contributed by atoms with Gasteiger partial charge in [-0.1, -0.05) is 0 Å². The van der Waals surface area contributed by atoms with Crippen molar-refractivity contribution in [2.75, 3.05) is 5.32 Å². The van der Waals surface area contributed by atoms with Crippen molar-refractivity contribution in [1.82, 2.24) is 0 Å². The van der Waals surface area contributed by atoms with Crippen LogP contribution in [0.4, 0.5) is 24.5 Å². The van der Waals surface area contributed by atoms with Crippen LogP contribution >= 0.6 is 0 Å². The lowest BCUT2D eigenvalue weighted by molar-refractivity contribution is -0.387. The zero-order valence-corrected chi connectivity index (χ0v) is 10.3. The van der Waals surface area contributed by atoms with E-state index in [2.05, 4.69) is 5.32 Å². The van der Waals surface area contributed by atoms with Gasteiger partial charge in [0, 0.05) is 17.8 Å². The van der Waals surface area contributed by atoms with Crippen LogP contribution in [0.1, 0.15) is 10.4 Å². The fraction of sp³-hybridized carbons (Fsp3) is 0. The highest BCUT2D eigenvalue weighted by molar-refractivity contribution is 6.04. The zero-order chi connectivity index (χ0) is 15.6. The van der Waals surface area contributed by atoms with E-state index in [1.807, 2.05) is 0 Å². The third-order valence-corrected chi connectivity index (χ3v) is 2.58. The van der Waals surface area contributed by atoms with Gasteiger partial charge in [-0.2, -0.15) is 4.39 Å². The van der Waals surface area contributed by atoms with Crippen LogP contribution in [0.2, 0.25) is 0 Å². The molecule has 0 unspecified atom stereocenters. The second-order valence-corrected chi connectivity index (χ2v) is 4.00. The van der Waals surface area contributed by atoms with Crippen molar-refractivity contribution in [2.24, 2.45) is 0 Å². The molecule has 2 rings (SSSR count). The van der Waals surface area contributed by atoms with Crippen molar-refractivity contribution < 1.29 is 22.9 Å². The highest BCUT2D eigenvalue weighted by Crippen LogP contribution is 2.22. The molecule has 5 nitrogen and oxygen atoms in total. The van der Waals surface area contributed by atoms with E-state index in [-0.39, 0.29) is 11.8 Å². The minimum atomic E-state index is -1.38. The van der Waals surface area contributed by atoms with Gasteiger partial charge in [0.15, 0.2) is 0 Å². The number of carbonyl (C=O) groups is 1. The molecule has 0 heterocycles. The van der Waals surface area contributed by atoms with Gasteiger partial charge in [-0.25, -0.2) is 8.78 Å². The van der Waals surface area contributed by atoms with Crippen LogP contribution in [0.5, 0.6) is 0 Å². The van der Waals surface area contributed by atoms with Crippen molar-refractivity contribution in [1.29, 1.82) is 0 Å². The normalized spacial score (nSPS) is 10.2. The summed E-state index contributed by atoms with van der Waals surface area (Å²) in [6.07, 6.45) is 0. The Bertz CT molecular complexity index is 717. The molecule has 108 valence electrons. The molecule has 0 aliphatic carbocycles. The van der Waals surface area contributed by atoms with E-state index in [9.17, 15) is 28.1 Å². The smallest absolute Gasteiger partial charge is 0.305 e. The van der Waals surface area contributed by atoms with Gasteiger partial charge in [-0.3, -0.25) is 14.9 Å². The molecule has 0 atom stereocenters. The Balaban J connectivity index is 2.32. The first-order valence-corrected chi connectivity index (χ1v) is 5.59. The Labute approximate surface area is 116 Å². The van der Waals surface area contributed by atoms with E-state index < -0.39 is 39.5 Å². The van der Waals surface area contributed by atoms with Gasteiger partial charge in [0.2, 0.25) is 5.82 Å². The lowest BCUT2D eigenvalue weighted by Gasteiger charge is -2.06. The molecule has 21 heavy (non-hydrogen) atoms. The van der Waals surface area contributed by atoms with Crippen molar-refractivity contribution in [3.05, 3.63) is 69.5 Å². The zero-order valence-electron chi connectivity index (χ0n) is 10.3. The molecule has 0 fully saturated rings. The second kappa shape index (κ2) is 5.61. The summed E-state index contributed by atoms with van der Waals surface area (Å²) in [5.74, 6) is -4.16. The molecule has 2 aromatic rings. The minimum absolute atomic E-state index is 0.160. The van der Waals surface area contributed by atoms with Gasteiger partial charge in [0.1, 0.15) is 11.6 Å². The molecule has 0 radical (unpaired) electrons. The molecule has 1 N–H and O–H groups in total. The fourth-order valence-electron chi connectivity index (χ4n) is 1.58. The Hall–Kier alpha value is -2.90. The minimum Gasteiger partial charge on any atom is -0.322 e. The number of anilines is 1. The molecule has 0 aromatic heterocycles. The van der Waals surface area contributed by atoms with E-state index >= 15 is 0 Å². The van der Waals surface area contributed by atoms with Gasteiger partial charge in [-0.15, -0.1) is 0 Å². The third-order valence-electron chi connectivity index (χ3n) is 2.58. The second-order valence-electron chi connectivity index (χ2n) is 4.00. The highest BCUT2D eigenvalue weighted by atomic mass is 19.1. The van der Waals surface area contributed by atoms with Crippen LogP contribution < -0.4 is 5.32 Å². The van der Waals surface area contributed by atoms with Crippen LogP contribution in [0.15, 0.2) is 36.4 Å². The summed E-state index contributed by atoms with van der Waals surface area (Å²) in [4.78, 5) is 21.3. The average Bonchev–Trinajstić information content (AvgIpc) is 2.40. The van der Waals surface area contributed by atoms with E-state index in [1.54, 1.807) is 0 Å². The molecule has 8 heteroatoms. The number of rotatable bonds is 3. The van der Waals surface area contributed by atoms with Gasteiger partial charge in [0.25, 0.3) is 5.91 Å². The SMILES string of the molecule is O=C(Nc1ccc(F)cc1)c1cc([N+](=O)[O-])c(F)cc1F.